The van der Waals surface area contributed by atoms with Gasteiger partial charge in [-0.25, -0.2) is 4.68 Å². The predicted molar refractivity (Wildman–Crippen MR) is 74.4 cm³/mol. The maximum absolute atomic E-state index is 9.02. The average molecular weight is 295 g/mol. The van der Waals surface area contributed by atoms with E-state index in [1.165, 1.54) is 0 Å². The van der Waals surface area contributed by atoms with E-state index in [0.29, 0.717) is 22.3 Å². The number of rotatable bonds is 3. The molecule has 0 atom stereocenters. The minimum absolute atomic E-state index is 0.174. The van der Waals surface area contributed by atoms with Gasteiger partial charge < -0.3 is 0 Å². The van der Waals surface area contributed by atoms with Crippen molar-refractivity contribution in [2.24, 2.45) is 0 Å². The Morgan fingerprint density at radius 1 is 1.32 bits per heavy atom. The summed E-state index contributed by atoms with van der Waals surface area (Å²) >= 11 is 11.9. The van der Waals surface area contributed by atoms with Crippen LogP contribution >= 0.6 is 23.2 Å². The third-order valence-electron chi connectivity index (χ3n) is 2.74. The third-order valence-corrected chi connectivity index (χ3v) is 3.48. The van der Waals surface area contributed by atoms with Crippen molar-refractivity contribution in [2.45, 2.75) is 26.3 Å². The SMILES string of the molecule is CC(C)c1c(C#N)nnn1Cc1ccc(Cl)c(Cl)c1. The monoisotopic (exact) mass is 294 g/mol. The summed E-state index contributed by atoms with van der Waals surface area (Å²) in [5.41, 5.74) is 2.16. The number of aromatic nitrogens is 3. The number of benzene rings is 1. The zero-order valence-electron chi connectivity index (χ0n) is 10.6. The fourth-order valence-corrected chi connectivity index (χ4v) is 2.22. The van der Waals surface area contributed by atoms with Gasteiger partial charge in [-0.1, -0.05) is 48.3 Å². The smallest absolute Gasteiger partial charge is 0.186 e. The normalized spacial score (nSPS) is 10.7. The van der Waals surface area contributed by atoms with E-state index in [9.17, 15) is 0 Å². The first-order valence-corrected chi connectivity index (χ1v) is 6.56. The first-order valence-electron chi connectivity index (χ1n) is 5.80. The van der Waals surface area contributed by atoms with Gasteiger partial charge in [-0.3, -0.25) is 0 Å². The molecule has 0 saturated heterocycles. The maximum Gasteiger partial charge on any atom is 0.186 e. The van der Waals surface area contributed by atoms with Crippen molar-refractivity contribution in [3.8, 4) is 6.07 Å². The Morgan fingerprint density at radius 2 is 2.05 bits per heavy atom. The molecule has 0 aliphatic rings. The van der Waals surface area contributed by atoms with Crippen molar-refractivity contribution in [3.63, 3.8) is 0 Å². The zero-order valence-corrected chi connectivity index (χ0v) is 12.1. The molecule has 1 aromatic heterocycles. The van der Waals surface area contributed by atoms with Gasteiger partial charge in [0.1, 0.15) is 6.07 Å². The molecule has 19 heavy (non-hydrogen) atoms. The lowest BCUT2D eigenvalue weighted by atomic mass is 10.1. The Kier molecular flexibility index (Phi) is 4.08. The van der Waals surface area contributed by atoms with Crippen molar-refractivity contribution in [2.75, 3.05) is 0 Å². The molecule has 98 valence electrons. The van der Waals surface area contributed by atoms with Crippen LogP contribution in [0.4, 0.5) is 0 Å². The standard InChI is InChI=1S/C13H12Cl2N4/c1-8(2)13-12(6-16)17-18-19(13)7-9-3-4-10(14)11(15)5-9/h3-5,8H,7H2,1-2H3. The summed E-state index contributed by atoms with van der Waals surface area (Å²) in [6, 6.07) is 7.48. The van der Waals surface area contributed by atoms with Crippen LogP contribution in [-0.2, 0) is 6.54 Å². The highest BCUT2D eigenvalue weighted by Crippen LogP contribution is 2.24. The minimum Gasteiger partial charge on any atom is -0.243 e. The Bertz CT molecular complexity index is 641. The summed E-state index contributed by atoms with van der Waals surface area (Å²) in [7, 11) is 0. The van der Waals surface area contributed by atoms with Crippen LogP contribution in [0.5, 0.6) is 0 Å². The minimum atomic E-state index is 0.174. The molecule has 0 fully saturated rings. The summed E-state index contributed by atoms with van der Waals surface area (Å²) in [5, 5.41) is 18.0. The predicted octanol–water partition coefficient (Wildman–Crippen LogP) is 3.63. The molecule has 0 spiro atoms. The van der Waals surface area contributed by atoms with Gasteiger partial charge in [0.05, 0.1) is 22.3 Å². The van der Waals surface area contributed by atoms with Gasteiger partial charge in [-0.15, -0.1) is 5.10 Å². The molecular weight excluding hydrogens is 283 g/mol. The van der Waals surface area contributed by atoms with Crippen molar-refractivity contribution >= 4 is 23.2 Å². The summed E-state index contributed by atoms with van der Waals surface area (Å²) in [6.45, 7) is 4.52. The van der Waals surface area contributed by atoms with Crippen LogP contribution in [0, 0.1) is 11.3 Å². The van der Waals surface area contributed by atoms with Crippen LogP contribution in [0.3, 0.4) is 0 Å². The number of hydrogen-bond acceptors (Lipinski definition) is 3. The van der Waals surface area contributed by atoms with Crippen LogP contribution in [0.1, 0.15) is 36.7 Å². The average Bonchev–Trinajstić information content (AvgIpc) is 2.77. The van der Waals surface area contributed by atoms with Crippen LogP contribution in [0.25, 0.3) is 0 Å². The highest BCUT2D eigenvalue weighted by Gasteiger charge is 2.16. The molecule has 2 rings (SSSR count). The van der Waals surface area contributed by atoms with Crippen molar-refractivity contribution in [3.05, 3.63) is 45.2 Å². The second kappa shape index (κ2) is 5.60. The van der Waals surface area contributed by atoms with Gasteiger partial charge in [0, 0.05) is 0 Å². The molecule has 4 nitrogen and oxygen atoms in total. The van der Waals surface area contributed by atoms with Gasteiger partial charge in [-0.2, -0.15) is 5.26 Å². The fourth-order valence-electron chi connectivity index (χ4n) is 1.90. The lowest BCUT2D eigenvalue weighted by Gasteiger charge is -2.09. The summed E-state index contributed by atoms with van der Waals surface area (Å²) in [4.78, 5) is 0. The summed E-state index contributed by atoms with van der Waals surface area (Å²) < 4.78 is 1.72. The molecule has 1 aromatic carbocycles. The molecule has 6 heteroatoms. The lowest BCUT2D eigenvalue weighted by molar-refractivity contribution is 0.598. The highest BCUT2D eigenvalue weighted by atomic mass is 35.5. The van der Waals surface area contributed by atoms with Gasteiger partial charge >= 0.3 is 0 Å². The maximum atomic E-state index is 9.02. The number of hydrogen-bond donors (Lipinski definition) is 0. The Morgan fingerprint density at radius 3 is 2.63 bits per heavy atom. The zero-order chi connectivity index (χ0) is 14.0. The second-order valence-electron chi connectivity index (χ2n) is 4.50. The van der Waals surface area contributed by atoms with E-state index in [4.69, 9.17) is 28.5 Å². The van der Waals surface area contributed by atoms with Crippen LogP contribution in [0.2, 0.25) is 10.0 Å². The molecule has 1 heterocycles. The number of halogens is 2. The number of nitriles is 1. The van der Waals surface area contributed by atoms with Crippen LogP contribution in [-0.4, -0.2) is 15.0 Å². The molecule has 0 amide bonds. The first-order chi connectivity index (χ1) is 9.02. The van der Waals surface area contributed by atoms with E-state index in [1.807, 2.05) is 19.9 Å². The molecule has 0 aliphatic carbocycles. The highest BCUT2D eigenvalue weighted by molar-refractivity contribution is 6.42. The second-order valence-corrected chi connectivity index (χ2v) is 5.31. The Balaban J connectivity index is 2.36. The van der Waals surface area contributed by atoms with E-state index in [1.54, 1.807) is 16.8 Å². The molecular formula is C13H12Cl2N4. The topological polar surface area (TPSA) is 54.5 Å². The number of nitrogens with zero attached hydrogens (tertiary/aromatic N) is 4. The van der Waals surface area contributed by atoms with Crippen molar-refractivity contribution < 1.29 is 0 Å². The van der Waals surface area contributed by atoms with Gasteiger partial charge in [0.2, 0.25) is 0 Å². The largest absolute Gasteiger partial charge is 0.243 e. The Hall–Kier alpha value is -1.57. The van der Waals surface area contributed by atoms with Gasteiger partial charge in [-0.05, 0) is 23.6 Å². The quantitative estimate of drug-likeness (QED) is 0.868. The summed E-state index contributed by atoms with van der Waals surface area (Å²) in [5.74, 6) is 0.174. The molecule has 0 N–H and O–H groups in total. The van der Waals surface area contributed by atoms with Gasteiger partial charge in [0.15, 0.2) is 5.69 Å². The van der Waals surface area contributed by atoms with Crippen LogP contribution < -0.4 is 0 Å². The lowest BCUT2D eigenvalue weighted by Crippen LogP contribution is -2.08. The van der Waals surface area contributed by atoms with E-state index >= 15 is 0 Å². The fraction of sp³-hybridized carbons (Fsp3) is 0.308. The van der Waals surface area contributed by atoms with E-state index in [2.05, 4.69) is 16.4 Å². The first kappa shape index (κ1) is 13.9. The van der Waals surface area contributed by atoms with Crippen molar-refractivity contribution in [1.29, 1.82) is 5.26 Å². The van der Waals surface area contributed by atoms with E-state index in [-0.39, 0.29) is 5.92 Å². The Labute approximate surface area is 121 Å². The molecule has 0 saturated carbocycles. The van der Waals surface area contributed by atoms with E-state index < -0.39 is 0 Å². The van der Waals surface area contributed by atoms with E-state index in [0.717, 1.165) is 11.3 Å². The van der Waals surface area contributed by atoms with Crippen LogP contribution in [0.15, 0.2) is 18.2 Å². The molecule has 2 aromatic rings. The molecule has 0 bridgehead atoms. The van der Waals surface area contributed by atoms with Gasteiger partial charge in [0.25, 0.3) is 0 Å². The molecule has 0 radical (unpaired) electrons. The van der Waals surface area contributed by atoms with Crippen molar-refractivity contribution in [1.82, 2.24) is 15.0 Å². The third kappa shape index (κ3) is 2.89. The molecule has 0 aliphatic heterocycles. The molecule has 0 unspecified atom stereocenters. The summed E-state index contributed by atoms with van der Waals surface area (Å²) in [6.07, 6.45) is 0.